The smallest absolute Gasteiger partial charge is 0.335 e. The second kappa shape index (κ2) is 7.63. The van der Waals surface area contributed by atoms with E-state index in [9.17, 15) is 14.4 Å². The minimum Gasteiger partial charge on any atom is -0.492 e. The Kier molecular flexibility index (Phi) is 4.89. The zero-order valence-corrected chi connectivity index (χ0v) is 18.2. The molecule has 2 fully saturated rings. The van der Waals surface area contributed by atoms with Gasteiger partial charge in [-0.05, 0) is 44.2 Å². The Morgan fingerprint density at radius 1 is 1.03 bits per heavy atom. The number of anilines is 2. The Morgan fingerprint density at radius 3 is 2.53 bits per heavy atom. The van der Waals surface area contributed by atoms with E-state index < -0.39 is 29.3 Å². The number of carbonyl (C=O) groups is 3. The van der Waals surface area contributed by atoms with Gasteiger partial charge in [0.15, 0.2) is 5.41 Å². The molecule has 8 nitrogen and oxygen atoms in total. The second-order valence-corrected chi connectivity index (χ2v) is 8.55. The molecule has 2 atom stereocenters. The molecular weight excluding hydrogens is 408 g/mol. The maximum absolute atomic E-state index is 14.2. The van der Waals surface area contributed by atoms with Crippen LogP contribution in [0, 0.1) is 5.41 Å². The molecule has 166 valence electrons. The molecule has 0 radical (unpaired) electrons. The van der Waals surface area contributed by atoms with Crippen LogP contribution in [0.4, 0.5) is 16.2 Å². The van der Waals surface area contributed by atoms with E-state index in [2.05, 4.69) is 15.1 Å². The quantitative estimate of drug-likeness (QED) is 0.745. The monoisotopic (exact) mass is 434 g/mol. The summed E-state index contributed by atoms with van der Waals surface area (Å²) in [5.41, 5.74) is 0.911. The number of likely N-dealkylation sites (N-methyl/N-ethyl adjacent to an activating group) is 1. The van der Waals surface area contributed by atoms with E-state index in [0.717, 1.165) is 22.7 Å². The van der Waals surface area contributed by atoms with Crippen LogP contribution in [-0.4, -0.2) is 62.1 Å². The van der Waals surface area contributed by atoms with E-state index in [0.29, 0.717) is 31.1 Å². The fourth-order valence-corrected chi connectivity index (χ4v) is 5.23. The van der Waals surface area contributed by atoms with E-state index in [1.807, 2.05) is 38.2 Å². The van der Waals surface area contributed by atoms with Crippen LogP contribution in [0.15, 0.2) is 48.5 Å². The molecular formula is C24H26N4O4. The summed E-state index contributed by atoms with van der Waals surface area (Å²) in [6.45, 7) is 4.30. The first kappa shape index (κ1) is 20.5. The molecule has 32 heavy (non-hydrogen) atoms. The number of nitrogens with zero attached hydrogens (tertiary/aromatic N) is 3. The molecule has 0 bridgehead atoms. The van der Waals surface area contributed by atoms with Crippen molar-refractivity contribution in [3.05, 3.63) is 54.1 Å². The highest BCUT2D eigenvalue weighted by Crippen LogP contribution is 2.46. The van der Waals surface area contributed by atoms with Crippen LogP contribution in [0.5, 0.6) is 5.75 Å². The van der Waals surface area contributed by atoms with E-state index in [1.165, 1.54) is 0 Å². The van der Waals surface area contributed by atoms with Crippen LogP contribution in [0.25, 0.3) is 0 Å². The number of benzene rings is 2. The number of fused-ring (bicyclic) bond motifs is 4. The van der Waals surface area contributed by atoms with Gasteiger partial charge < -0.3 is 14.5 Å². The lowest BCUT2D eigenvalue weighted by Crippen LogP contribution is -2.75. The van der Waals surface area contributed by atoms with Gasteiger partial charge in [-0.2, -0.15) is 0 Å². The van der Waals surface area contributed by atoms with Crippen LogP contribution in [0.3, 0.4) is 0 Å². The van der Waals surface area contributed by atoms with Crippen molar-refractivity contribution in [3.8, 4) is 5.75 Å². The van der Waals surface area contributed by atoms with E-state index in [1.54, 1.807) is 24.3 Å². The van der Waals surface area contributed by atoms with Gasteiger partial charge >= 0.3 is 6.03 Å². The molecule has 3 aliphatic rings. The number of imide groups is 2. The first-order chi connectivity index (χ1) is 15.5. The number of para-hydroxylation sites is 3. The molecule has 0 unspecified atom stereocenters. The molecule has 0 aliphatic carbocycles. The van der Waals surface area contributed by atoms with E-state index in [-0.39, 0.29) is 6.42 Å². The molecule has 1 N–H and O–H groups in total. The number of barbiturate groups is 1. The summed E-state index contributed by atoms with van der Waals surface area (Å²) in [5, 5.41) is 2.49. The summed E-state index contributed by atoms with van der Waals surface area (Å²) in [6, 6.07) is 13.7. The standard InChI is InChI=1S/C24H26N4O4/c1-3-32-19-11-7-6-10-18(19)28-22(30)24(21(29)25-23(28)31)14-16-8-4-5-9-17(16)27-13-12-26(2)15-20(24)27/h4-11,20H,3,12-15H2,1-2H3,(H,25,29,31)/t20-,24-/m0/s1. The first-order valence-corrected chi connectivity index (χ1v) is 10.9. The Hall–Kier alpha value is -3.39. The molecule has 2 aromatic carbocycles. The van der Waals surface area contributed by atoms with Gasteiger partial charge in [-0.15, -0.1) is 0 Å². The van der Waals surface area contributed by atoms with Crippen molar-refractivity contribution in [2.45, 2.75) is 19.4 Å². The summed E-state index contributed by atoms with van der Waals surface area (Å²) in [4.78, 5) is 46.0. The summed E-state index contributed by atoms with van der Waals surface area (Å²) in [5.74, 6) is -0.604. The van der Waals surface area contributed by atoms with Gasteiger partial charge in [0.05, 0.1) is 18.3 Å². The second-order valence-electron chi connectivity index (χ2n) is 8.55. The third-order valence-electron chi connectivity index (χ3n) is 6.74. The lowest BCUT2D eigenvalue weighted by molar-refractivity contribution is -0.145. The fraction of sp³-hybridized carbons (Fsp3) is 0.375. The molecule has 3 aliphatic heterocycles. The third-order valence-corrected chi connectivity index (χ3v) is 6.74. The Labute approximate surface area is 186 Å². The number of nitrogens with one attached hydrogen (secondary N) is 1. The zero-order valence-electron chi connectivity index (χ0n) is 18.2. The highest BCUT2D eigenvalue weighted by Gasteiger charge is 2.63. The van der Waals surface area contributed by atoms with Crippen LogP contribution in [0.2, 0.25) is 0 Å². The molecule has 5 rings (SSSR count). The van der Waals surface area contributed by atoms with Crippen LogP contribution >= 0.6 is 0 Å². The molecule has 1 spiro atoms. The minimum absolute atomic E-state index is 0.240. The van der Waals surface area contributed by atoms with Crippen LogP contribution in [-0.2, 0) is 16.0 Å². The number of ether oxygens (including phenoxy) is 1. The molecule has 0 aromatic heterocycles. The predicted octanol–water partition coefficient (Wildman–Crippen LogP) is 2.03. The highest BCUT2D eigenvalue weighted by molar-refractivity contribution is 6.31. The molecule has 4 amide bonds. The van der Waals surface area contributed by atoms with Gasteiger partial charge in [-0.25, -0.2) is 9.69 Å². The van der Waals surface area contributed by atoms with Crippen molar-refractivity contribution in [3.63, 3.8) is 0 Å². The maximum Gasteiger partial charge on any atom is 0.335 e. The van der Waals surface area contributed by atoms with E-state index in [4.69, 9.17) is 4.74 Å². The van der Waals surface area contributed by atoms with Crippen LogP contribution in [0.1, 0.15) is 12.5 Å². The van der Waals surface area contributed by atoms with Gasteiger partial charge in [-0.1, -0.05) is 30.3 Å². The van der Waals surface area contributed by atoms with Crippen molar-refractivity contribution in [1.29, 1.82) is 0 Å². The zero-order chi connectivity index (χ0) is 22.5. The van der Waals surface area contributed by atoms with Gasteiger partial charge in [0.25, 0.3) is 5.91 Å². The number of piperazine rings is 1. The number of hydrogen-bond acceptors (Lipinski definition) is 6. The topological polar surface area (TPSA) is 82.2 Å². The highest BCUT2D eigenvalue weighted by atomic mass is 16.5. The summed E-state index contributed by atoms with van der Waals surface area (Å²) in [7, 11) is 1.99. The van der Waals surface area contributed by atoms with Crippen molar-refractivity contribution >= 4 is 29.2 Å². The fourth-order valence-electron chi connectivity index (χ4n) is 5.23. The number of hydrogen-bond donors (Lipinski definition) is 1. The molecule has 2 aromatic rings. The number of rotatable bonds is 3. The first-order valence-electron chi connectivity index (χ1n) is 10.9. The SMILES string of the molecule is CCOc1ccccc1N1C(=O)NC(=O)[C@@]2(Cc3ccccc3N3CCN(C)C[C@H]32)C1=O. The molecule has 3 heterocycles. The number of amides is 4. The summed E-state index contributed by atoms with van der Waals surface area (Å²) < 4.78 is 5.69. The van der Waals surface area contributed by atoms with E-state index >= 15 is 0 Å². The summed E-state index contributed by atoms with van der Waals surface area (Å²) in [6.07, 6.45) is 0.240. The summed E-state index contributed by atoms with van der Waals surface area (Å²) >= 11 is 0. The minimum atomic E-state index is -1.42. The van der Waals surface area contributed by atoms with Crippen molar-refractivity contribution < 1.29 is 19.1 Å². The largest absolute Gasteiger partial charge is 0.492 e. The normalized spacial score (nSPS) is 25.4. The maximum atomic E-state index is 14.2. The van der Waals surface area contributed by atoms with Crippen molar-refractivity contribution in [2.75, 3.05) is 43.1 Å². The lowest BCUT2D eigenvalue weighted by Gasteiger charge is -2.55. The van der Waals surface area contributed by atoms with Crippen molar-refractivity contribution in [1.82, 2.24) is 10.2 Å². The Bertz CT molecular complexity index is 1100. The predicted molar refractivity (Wildman–Crippen MR) is 120 cm³/mol. The van der Waals surface area contributed by atoms with Gasteiger partial charge in [-0.3, -0.25) is 14.9 Å². The molecule has 8 heteroatoms. The lowest BCUT2D eigenvalue weighted by atomic mass is 9.67. The molecule has 2 saturated heterocycles. The Balaban J connectivity index is 1.66. The number of carbonyl (C=O) groups excluding carboxylic acids is 3. The van der Waals surface area contributed by atoms with Crippen molar-refractivity contribution in [2.24, 2.45) is 5.41 Å². The van der Waals surface area contributed by atoms with Gasteiger partial charge in [0.2, 0.25) is 5.91 Å². The average Bonchev–Trinajstić information content (AvgIpc) is 2.78. The number of urea groups is 1. The van der Waals surface area contributed by atoms with Gasteiger partial charge in [0, 0.05) is 25.3 Å². The van der Waals surface area contributed by atoms with Gasteiger partial charge in [0.1, 0.15) is 5.75 Å². The Morgan fingerprint density at radius 2 is 1.75 bits per heavy atom. The molecule has 0 saturated carbocycles. The van der Waals surface area contributed by atoms with Crippen LogP contribution < -0.4 is 19.9 Å². The average molecular weight is 434 g/mol. The third kappa shape index (κ3) is 2.90.